The van der Waals surface area contributed by atoms with Crippen LogP contribution in [-0.4, -0.2) is 49.4 Å². The van der Waals surface area contributed by atoms with Crippen molar-refractivity contribution in [3.8, 4) is 11.4 Å². The Labute approximate surface area is 202 Å². The minimum Gasteiger partial charge on any atom is -0.376 e. The first kappa shape index (κ1) is 23.7. The van der Waals surface area contributed by atoms with Gasteiger partial charge < -0.3 is 15.4 Å². The molecule has 1 unspecified atom stereocenters. The van der Waals surface area contributed by atoms with Crippen LogP contribution in [-0.2, 0) is 17.6 Å². The van der Waals surface area contributed by atoms with Gasteiger partial charge in [-0.1, -0.05) is 0 Å². The quantitative estimate of drug-likeness (QED) is 0.349. The Morgan fingerprint density at radius 3 is 2.64 bits per heavy atom. The molecule has 0 amide bonds. The Morgan fingerprint density at radius 2 is 1.92 bits per heavy atom. The van der Waals surface area contributed by atoms with E-state index < -0.39 is 18.4 Å². The molecular weight excluding hydrogens is 480 g/mol. The number of aromatic nitrogens is 6. The first-order valence-corrected chi connectivity index (χ1v) is 11.1. The second-order valence-corrected chi connectivity index (χ2v) is 8.09. The average molecular weight is 500 g/mol. The molecule has 4 aromatic rings. The molecule has 1 fully saturated rings. The van der Waals surface area contributed by atoms with Crippen molar-refractivity contribution < 1.29 is 22.3 Å². The van der Waals surface area contributed by atoms with Gasteiger partial charge in [0.2, 0.25) is 0 Å². The van der Waals surface area contributed by atoms with Gasteiger partial charge in [0.25, 0.3) is 0 Å². The molecule has 1 atom stereocenters. The van der Waals surface area contributed by atoms with Crippen molar-refractivity contribution in [1.82, 2.24) is 30.1 Å². The molecule has 0 aliphatic carbocycles. The summed E-state index contributed by atoms with van der Waals surface area (Å²) in [4.78, 5) is 16.9. The van der Waals surface area contributed by atoms with Gasteiger partial charge in [0.15, 0.2) is 5.65 Å². The smallest absolute Gasteiger partial charge is 0.376 e. The number of halogens is 4. The van der Waals surface area contributed by atoms with Crippen molar-refractivity contribution in [1.29, 1.82) is 0 Å². The summed E-state index contributed by atoms with van der Waals surface area (Å²) in [6.45, 7) is 0.510. The molecule has 5 rings (SSSR count). The van der Waals surface area contributed by atoms with E-state index in [2.05, 4.69) is 40.8 Å². The van der Waals surface area contributed by atoms with Gasteiger partial charge in [-0.25, -0.2) is 24.3 Å². The number of fused-ring (bicyclic) bond motifs is 1. The Kier molecular flexibility index (Phi) is 6.55. The number of hydrogen-bond donors (Lipinski definition) is 2. The molecule has 0 aromatic carbocycles. The van der Waals surface area contributed by atoms with E-state index in [1.807, 2.05) is 0 Å². The van der Waals surface area contributed by atoms with Crippen LogP contribution in [0.25, 0.3) is 22.6 Å². The summed E-state index contributed by atoms with van der Waals surface area (Å²) in [5, 5.41) is 14.3. The minimum absolute atomic E-state index is 0.0957. The van der Waals surface area contributed by atoms with Crippen LogP contribution >= 0.6 is 0 Å². The lowest BCUT2D eigenvalue weighted by atomic mass is 10.1. The first-order chi connectivity index (χ1) is 17.4. The van der Waals surface area contributed by atoms with E-state index in [4.69, 9.17) is 4.74 Å². The lowest BCUT2D eigenvalue weighted by Gasteiger charge is -2.13. The van der Waals surface area contributed by atoms with E-state index in [9.17, 15) is 17.6 Å². The monoisotopic (exact) mass is 500 g/mol. The Morgan fingerprint density at radius 1 is 1.03 bits per heavy atom. The van der Waals surface area contributed by atoms with Crippen molar-refractivity contribution in [3.05, 3.63) is 54.0 Å². The number of hydrogen-bond acceptors (Lipinski definition) is 9. The minimum atomic E-state index is -4.48. The predicted molar refractivity (Wildman–Crippen MR) is 123 cm³/mol. The second-order valence-electron chi connectivity index (χ2n) is 8.09. The number of anilines is 3. The van der Waals surface area contributed by atoms with Crippen molar-refractivity contribution in [2.45, 2.75) is 31.8 Å². The molecule has 1 aliphatic heterocycles. The van der Waals surface area contributed by atoms with E-state index in [0.717, 1.165) is 31.7 Å². The zero-order valence-corrected chi connectivity index (χ0v) is 18.8. The molecule has 0 saturated carbocycles. The molecular formula is C23H20F4N8O. The second kappa shape index (κ2) is 9.93. The van der Waals surface area contributed by atoms with Gasteiger partial charge in [-0.2, -0.15) is 13.2 Å². The lowest BCUT2D eigenvalue weighted by Crippen LogP contribution is -2.19. The van der Waals surface area contributed by atoms with Crippen LogP contribution in [0.2, 0.25) is 0 Å². The average Bonchev–Trinajstić information content (AvgIpc) is 3.41. The first-order valence-electron chi connectivity index (χ1n) is 11.1. The topological polar surface area (TPSA) is 111 Å². The van der Waals surface area contributed by atoms with E-state index in [1.165, 1.54) is 18.5 Å². The molecule has 0 spiro atoms. The highest BCUT2D eigenvalue weighted by atomic mass is 19.4. The van der Waals surface area contributed by atoms with Crippen LogP contribution < -0.4 is 10.6 Å². The number of nitrogens with zero attached hydrogens (tertiary/aromatic N) is 6. The van der Waals surface area contributed by atoms with Gasteiger partial charge in [0, 0.05) is 31.1 Å². The predicted octanol–water partition coefficient (Wildman–Crippen LogP) is 4.70. The SMILES string of the molecule is FCc1cc(NCC2CCCO2)nnc1-c1cnc2c(Nc3ccc(C(F)(F)F)cn3)ccnc2n1. The number of alkyl halides is 4. The molecule has 1 aliphatic rings. The summed E-state index contributed by atoms with van der Waals surface area (Å²) in [7, 11) is 0. The fourth-order valence-corrected chi connectivity index (χ4v) is 3.77. The van der Waals surface area contributed by atoms with Crippen molar-refractivity contribution in [2.75, 3.05) is 23.8 Å². The van der Waals surface area contributed by atoms with Crippen LogP contribution in [0.5, 0.6) is 0 Å². The maximum absolute atomic E-state index is 13.8. The van der Waals surface area contributed by atoms with Gasteiger partial charge >= 0.3 is 6.18 Å². The van der Waals surface area contributed by atoms with Crippen LogP contribution in [0.4, 0.5) is 34.9 Å². The summed E-state index contributed by atoms with van der Waals surface area (Å²) in [5.74, 6) is 0.627. The highest BCUT2D eigenvalue weighted by molar-refractivity contribution is 5.87. The Bertz CT molecular complexity index is 1360. The standard InChI is InChI=1S/C23H20F4N8O/c24-9-13-8-19(30-11-15-2-1-7-36-15)34-35-20(13)17-12-31-21-16(5-6-28-22(21)33-17)32-18-4-3-14(10-29-18)23(25,26)27/h3-6,8,10,12,15H,1-2,7,9,11H2,(H,30,34)(H,28,29,32,33). The highest BCUT2D eigenvalue weighted by Crippen LogP contribution is 2.30. The zero-order valence-electron chi connectivity index (χ0n) is 18.8. The summed E-state index contributed by atoms with van der Waals surface area (Å²) in [5.41, 5.74) is 0.984. The molecule has 2 N–H and O–H groups in total. The molecule has 4 aromatic heterocycles. The zero-order chi connectivity index (χ0) is 25.1. The van der Waals surface area contributed by atoms with Crippen molar-refractivity contribution in [2.24, 2.45) is 0 Å². The van der Waals surface area contributed by atoms with Gasteiger partial charge in [-0.15, -0.1) is 10.2 Å². The molecule has 0 radical (unpaired) electrons. The third kappa shape index (κ3) is 5.15. The summed E-state index contributed by atoms with van der Waals surface area (Å²) < 4.78 is 57.8. The number of ether oxygens (including phenoxy) is 1. The molecule has 186 valence electrons. The maximum atomic E-state index is 13.8. The summed E-state index contributed by atoms with van der Waals surface area (Å²) >= 11 is 0. The largest absolute Gasteiger partial charge is 0.417 e. The molecule has 13 heteroatoms. The normalized spacial score (nSPS) is 15.8. The fraction of sp³-hybridized carbons (Fsp3) is 0.304. The van der Waals surface area contributed by atoms with Crippen LogP contribution in [0, 0.1) is 0 Å². The van der Waals surface area contributed by atoms with Crippen molar-refractivity contribution in [3.63, 3.8) is 0 Å². The van der Waals surface area contributed by atoms with Crippen LogP contribution in [0.3, 0.4) is 0 Å². The highest BCUT2D eigenvalue weighted by Gasteiger charge is 2.30. The lowest BCUT2D eigenvalue weighted by molar-refractivity contribution is -0.137. The summed E-state index contributed by atoms with van der Waals surface area (Å²) in [6.07, 6.45) is 1.21. The molecule has 36 heavy (non-hydrogen) atoms. The van der Waals surface area contributed by atoms with Gasteiger partial charge in [0.05, 0.1) is 23.6 Å². The number of rotatable bonds is 7. The Hall–Kier alpha value is -4.00. The van der Waals surface area contributed by atoms with Crippen LogP contribution in [0.1, 0.15) is 24.0 Å². The third-order valence-electron chi connectivity index (χ3n) is 5.60. The molecule has 9 nitrogen and oxygen atoms in total. The van der Waals surface area contributed by atoms with E-state index >= 15 is 0 Å². The van der Waals surface area contributed by atoms with E-state index in [0.29, 0.717) is 23.6 Å². The van der Waals surface area contributed by atoms with Gasteiger partial charge in [0.1, 0.15) is 35.2 Å². The van der Waals surface area contributed by atoms with Crippen molar-refractivity contribution >= 4 is 28.5 Å². The Balaban J connectivity index is 1.38. The number of nitrogens with one attached hydrogen (secondary N) is 2. The molecule has 0 bridgehead atoms. The maximum Gasteiger partial charge on any atom is 0.417 e. The summed E-state index contributed by atoms with van der Waals surface area (Å²) in [6, 6.07) is 5.32. The molecule has 1 saturated heterocycles. The van der Waals surface area contributed by atoms with Gasteiger partial charge in [-0.05, 0) is 37.1 Å². The number of pyridine rings is 2. The van der Waals surface area contributed by atoms with Crippen LogP contribution in [0.15, 0.2) is 42.9 Å². The van der Waals surface area contributed by atoms with Gasteiger partial charge in [-0.3, -0.25) is 0 Å². The molecule has 5 heterocycles. The van der Waals surface area contributed by atoms with E-state index in [1.54, 1.807) is 12.1 Å². The third-order valence-corrected chi connectivity index (χ3v) is 5.60. The van der Waals surface area contributed by atoms with E-state index in [-0.39, 0.29) is 34.5 Å². The fourth-order valence-electron chi connectivity index (χ4n) is 3.77.